The first-order valence-corrected chi connectivity index (χ1v) is 7.41. The summed E-state index contributed by atoms with van der Waals surface area (Å²) in [7, 11) is -2.15. The quantitative estimate of drug-likeness (QED) is 0.768. The SMILES string of the molecule is COCCN(C1CC1)S(=O)(=O)c1cccnc1C#N. The van der Waals surface area contributed by atoms with E-state index in [9.17, 15) is 8.42 Å². The predicted octanol–water partition coefficient (Wildman–Crippen LogP) is 0.753. The van der Waals surface area contributed by atoms with E-state index in [1.54, 1.807) is 0 Å². The van der Waals surface area contributed by atoms with Crippen molar-refractivity contribution in [2.24, 2.45) is 0 Å². The number of hydrogen-bond donors (Lipinski definition) is 0. The fourth-order valence-electron chi connectivity index (χ4n) is 1.85. The van der Waals surface area contributed by atoms with Gasteiger partial charge in [-0.3, -0.25) is 0 Å². The van der Waals surface area contributed by atoms with Crippen LogP contribution in [-0.2, 0) is 14.8 Å². The average Bonchev–Trinajstić information content (AvgIpc) is 3.23. The maximum Gasteiger partial charge on any atom is 0.246 e. The molecule has 1 saturated carbocycles. The number of sulfonamides is 1. The van der Waals surface area contributed by atoms with Crippen molar-refractivity contribution in [2.75, 3.05) is 20.3 Å². The van der Waals surface area contributed by atoms with E-state index in [2.05, 4.69) is 4.98 Å². The van der Waals surface area contributed by atoms with Crippen molar-refractivity contribution in [3.8, 4) is 6.07 Å². The van der Waals surface area contributed by atoms with Crippen LogP contribution in [0.1, 0.15) is 18.5 Å². The molecule has 1 aliphatic carbocycles. The Morgan fingerprint density at radius 2 is 2.32 bits per heavy atom. The van der Waals surface area contributed by atoms with Crippen molar-refractivity contribution in [2.45, 2.75) is 23.8 Å². The van der Waals surface area contributed by atoms with Gasteiger partial charge in [-0.1, -0.05) is 0 Å². The van der Waals surface area contributed by atoms with Crippen molar-refractivity contribution < 1.29 is 13.2 Å². The van der Waals surface area contributed by atoms with E-state index in [4.69, 9.17) is 10.00 Å². The fraction of sp³-hybridized carbons (Fsp3) is 0.500. The van der Waals surface area contributed by atoms with Crippen LogP contribution in [0, 0.1) is 11.3 Å². The van der Waals surface area contributed by atoms with E-state index in [0.717, 1.165) is 12.8 Å². The number of nitrogens with zero attached hydrogens (tertiary/aromatic N) is 3. The van der Waals surface area contributed by atoms with Crippen molar-refractivity contribution >= 4 is 10.0 Å². The normalized spacial score (nSPS) is 15.4. The number of aromatic nitrogens is 1. The minimum atomic E-state index is -3.68. The van der Waals surface area contributed by atoms with Gasteiger partial charge in [0.05, 0.1) is 6.61 Å². The molecule has 0 radical (unpaired) electrons. The molecular weight excluding hydrogens is 266 g/mol. The first-order valence-electron chi connectivity index (χ1n) is 5.97. The summed E-state index contributed by atoms with van der Waals surface area (Å²) in [5.41, 5.74) is -0.0643. The van der Waals surface area contributed by atoms with Crippen molar-refractivity contribution in [3.05, 3.63) is 24.0 Å². The highest BCUT2D eigenvalue weighted by Crippen LogP contribution is 2.32. The van der Waals surface area contributed by atoms with Crippen LogP contribution in [0.15, 0.2) is 23.2 Å². The Labute approximate surface area is 112 Å². The zero-order chi connectivity index (χ0) is 13.9. The van der Waals surface area contributed by atoms with Crippen LogP contribution in [0.5, 0.6) is 0 Å². The molecule has 1 heterocycles. The van der Waals surface area contributed by atoms with Gasteiger partial charge in [-0.25, -0.2) is 13.4 Å². The number of nitriles is 1. The zero-order valence-electron chi connectivity index (χ0n) is 10.6. The molecule has 0 amide bonds. The summed E-state index contributed by atoms with van der Waals surface area (Å²) in [5.74, 6) is 0. The minimum absolute atomic E-state index is 0.0203. The van der Waals surface area contributed by atoms with Gasteiger partial charge < -0.3 is 4.74 Å². The highest BCUT2D eigenvalue weighted by atomic mass is 32.2. The third-order valence-corrected chi connectivity index (χ3v) is 4.92. The van der Waals surface area contributed by atoms with E-state index >= 15 is 0 Å². The number of rotatable bonds is 6. The lowest BCUT2D eigenvalue weighted by Gasteiger charge is -2.21. The first-order chi connectivity index (χ1) is 9.11. The van der Waals surface area contributed by atoms with Gasteiger partial charge in [0.2, 0.25) is 10.0 Å². The molecule has 19 heavy (non-hydrogen) atoms. The Kier molecular flexibility index (Phi) is 4.14. The van der Waals surface area contributed by atoms with Crippen LogP contribution in [0.4, 0.5) is 0 Å². The number of pyridine rings is 1. The Bertz CT molecular complexity index is 590. The van der Waals surface area contributed by atoms with Crippen molar-refractivity contribution in [1.82, 2.24) is 9.29 Å². The van der Waals surface area contributed by atoms with Gasteiger partial charge >= 0.3 is 0 Å². The average molecular weight is 281 g/mol. The smallest absolute Gasteiger partial charge is 0.246 e. The summed E-state index contributed by atoms with van der Waals surface area (Å²) >= 11 is 0. The minimum Gasteiger partial charge on any atom is -0.383 e. The molecule has 1 aromatic heterocycles. The monoisotopic (exact) mass is 281 g/mol. The predicted molar refractivity (Wildman–Crippen MR) is 67.7 cm³/mol. The topological polar surface area (TPSA) is 83.3 Å². The second-order valence-corrected chi connectivity index (χ2v) is 6.16. The number of ether oxygens (including phenoxy) is 1. The molecule has 102 valence electrons. The van der Waals surface area contributed by atoms with Gasteiger partial charge in [-0.2, -0.15) is 9.57 Å². The van der Waals surface area contributed by atoms with Crippen molar-refractivity contribution in [1.29, 1.82) is 5.26 Å². The van der Waals surface area contributed by atoms with E-state index in [0.29, 0.717) is 13.2 Å². The molecule has 7 heteroatoms. The van der Waals surface area contributed by atoms with Gasteiger partial charge in [-0.05, 0) is 25.0 Å². The second-order valence-electron chi connectivity index (χ2n) is 4.30. The van der Waals surface area contributed by atoms with Crippen LogP contribution in [0.25, 0.3) is 0 Å². The van der Waals surface area contributed by atoms with Gasteiger partial charge in [-0.15, -0.1) is 0 Å². The van der Waals surface area contributed by atoms with E-state index in [1.165, 1.54) is 29.7 Å². The molecule has 0 aromatic carbocycles. The maximum atomic E-state index is 12.6. The van der Waals surface area contributed by atoms with Crippen LogP contribution >= 0.6 is 0 Å². The van der Waals surface area contributed by atoms with Crippen molar-refractivity contribution in [3.63, 3.8) is 0 Å². The summed E-state index contributed by atoms with van der Waals surface area (Å²) in [6, 6.07) is 4.79. The Hall–Kier alpha value is -1.49. The molecule has 1 aliphatic rings. The van der Waals surface area contributed by atoms with Crippen LogP contribution < -0.4 is 0 Å². The van der Waals surface area contributed by atoms with E-state index in [-0.39, 0.29) is 16.6 Å². The molecule has 0 saturated heterocycles. The third kappa shape index (κ3) is 2.92. The lowest BCUT2D eigenvalue weighted by molar-refractivity contribution is 0.177. The summed E-state index contributed by atoms with van der Waals surface area (Å²) in [6.45, 7) is 0.626. The number of hydrogen-bond acceptors (Lipinski definition) is 5. The van der Waals surface area contributed by atoms with Gasteiger partial charge in [0.15, 0.2) is 5.69 Å². The molecular formula is C12H15N3O3S. The Morgan fingerprint density at radius 1 is 1.58 bits per heavy atom. The van der Waals surface area contributed by atoms with E-state index in [1.807, 2.05) is 6.07 Å². The summed E-state index contributed by atoms with van der Waals surface area (Å²) < 4.78 is 31.5. The maximum absolute atomic E-state index is 12.6. The highest BCUT2D eigenvalue weighted by Gasteiger charge is 2.38. The molecule has 1 fully saturated rings. The Morgan fingerprint density at radius 3 is 2.89 bits per heavy atom. The molecule has 0 spiro atoms. The van der Waals surface area contributed by atoms with Gasteiger partial charge in [0, 0.05) is 25.9 Å². The number of methoxy groups -OCH3 is 1. The first kappa shape index (κ1) is 13.9. The highest BCUT2D eigenvalue weighted by molar-refractivity contribution is 7.89. The van der Waals surface area contributed by atoms with Gasteiger partial charge in [0.1, 0.15) is 11.0 Å². The van der Waals surface area contributed by atoms with E-state index < -0.39 is 10.0 Å². The molecule has 0 N–H and O–H groups in total. The lowest BCUT2D eigenvalue weighted by Crippen LogP contribution is -2.36. The largest absolute Gasteiger partial charge is 0.383 e. The van der Waals surface area contributed by atoms with Crippen LogP contribution in [0.2, 0.25) is 0 Å². The molecule has 0 aliphatic heterocycles. The second kappa shape index (κ2) is 5.65. The zero-order valence-corrected chi connectivity index (χ0v) is 11.4. The summed E-state index contributed by atoms with van der Waals surface area (Å²) in [6.07, 6.45) is 3.12. The standard InChI is InChI=1S/C12H15N3O3S/c1-18-8-7-15(10-4-5-10)19(16,17)12-3-2-6-14-11(12)9-13/h2-3,6,10H,4-5,7-8H2,1H3. The Balaban J connectivity index is 2.36. The molecule has 1 aromatic rings. The van der Waals surface area contributed by atoms with Crippen LogP contribution in [0.3, 0.4) is 0 Å². The molecule has 0 atom stereocenters. The molecule has 0 unspecified atom stereocenters. The molecule has 6 nitrogen and oxygen atoms in total. The lowest BCUT2D eigenvalue weighted by atomic mass is 10.4. The summed E-state index contributed by atoms with van der Waals surface area (Å²) in [5, 5.41) is 8.97. The van der Waals surface area contributed by atoms with Gasteiger partial charge in [0.25, 0.3) is 0 Å². The molecule has 0 bridgehead atoms. The molecule has 2 rings (SSSR count). The third-order valence-electron chi connectivity index (χ3n) is 2.93. The van der Waals surface area contributed by atoms with Crippen LogP contribution in [-0.4, -0.2) is 44.0 Å². The summed E-state index contributed by atoms with van der Waals surface area (Å²) in [4.78, 5) is 3.78. The fourth-order valence-corrected chi connectivity index (χ4v) is 3.62.